The van der Waals surface area contributed by atoms with Gasteiger partial charge in [-0.25, -0.2) is 24.9 Å². The lowest BCUT2D eigenvalue weighted by molar-refractivity contribution is 0.381. The van der Waals surface area contributed by atoms with Crippen LogP contribution in [0.4, 0.5) is 0 Å². The normalized spacial score (nSPS) is 16.0. The molecule has 2 atom stereocenters. The second-order valence-corrected chi connectivity index (χ2v) is 17.0. The van der Waals surface area contributed by atoms with Gasteiger partial charge in [-0.2, -0.15) is 0 Å². The van der Waals surface area contributed by atoms with E-state index in [1.165, 1.54) is 32.7 Å². The van der Waals surface area contributed by atoms with Gasteiger partial charge in [0.25, 0.3) is 0 Å². The molecule has 11 rings (SSSR count). The zero-order valence-corrected chi connectivity index (χ0v) is 36.6. The number of allylic oxidation sites excluding steroid dienone is 4. The number of rotatable bonds is 8. The van der Waals surface area contributed by atoms with E-state index >= 15 is 0 Å². The maximum atomic E-state index is 5.33. The lowest BCUT2D eigenvalue weighted by Crippen LogP contribution is -2.36. The molecule has 2 unspecified atom stereocenters. The van der Waals surface area contributed by atoms with Crippen molar-refractivity contribution in [2.45, 2.75) is 32.4 Å². The van der Waals surface area contributed by atoms with Crippen molar-refractivity contribution in [2.75, 3.05) is 7.05 Å². The summed E-state index contributed by atoms with van der Waals surface area (Å²) >= 11 is 0. The Morgan fingerprint density at radius 1 is 0.492 bits per heavy atom. The van der Waals surface area contributed by atoms with Gasteiger partial charge in [-0.1, -0.05) is 194 Å². The highest BCUT2D eigenvalue weighted by Crippen LogP contribution is 2.39. The molecule has 0 N–H and O–H groups in total. The summed E-state index contributed by atoms with van der Waals surface area (Å²) in [6.07, 6.45) is 7.12. The van der Waals surface area contributed by atoms with Gasteiger partial charge < -0.3 is 4.90 Å². The van der Waals surface area contributed by atoms with Crippen molar-refractivity contribution in [3.05, 3.63) is 234 Å². The molecule has 6 nitrogen and oxygen atoms in total. The minimum atomic E-state index is -0.219. The summed E-state index contributed by atoms with van der Waals surface area (Å²) in [5.41, 5.74) is 12.1. The molecule has 0 bridgehead atoms. The van der Waals surface area contributed by atoms with Gasteiger partial charge in [0.2, 0.25) is 0 Å². The zero-order chi connectivity index (χ0) is 43.9. The number of hydrogen-bond donors (Lipinski definition) is 0. The molecule has 0 amide bonds. The van der Waals surface area contributed by atoms with Crippen molar-refractivity contribution in [3.63, 3.8) is 0 Å². The Balaban J connectivity index is 0.978. The summed E-state index contributed by atoms with van der Waals surface area (Å²) in [7, 11) is 2.09. The standard InChI is InChI=1S/C59H46N6/c1-38-18-10-12-28-46(38)57-61-54(40-20-6-4-7-21-40)60-55(62-57)44-26-14-24-42(36-44)48-30-16-32-50-51-33-17-31-49(53(51)35-34-52(48)50)43-25-15-27-45(37-43)56-63-58(41-22-8-5-9-23-41)65(3)59(64-56)47-29-13-11-19-39(47)2/h4-27,29-37,46,59H,28H2,1-3H3. The van der Waals surface area contributed by atoms with Gasteiger partial charge in [-0.15, -0.1) is 0 Å². The van der Waals surface area contributed by atoms with Crippen LogP contribution in [0.3, 0.4) is 0 Å². The summed E-state index contributed by atoms with van der Waals surface area (Å²) in [5.74, 6) is 3.88. The fraction of sp³-hybridized carbons (Fsp3) is 0.102. The summed E-state index contributed by atoms with van der Waals surface area (Å²) in [5, 5.41) is 4.77. The Morgan fingerprint density at radius 2 is 1.05 bits per heavy atom. The smallest absolute Gasteiger partial charge is 0.163 e. The molecule has 8 aromatic carbocycles. The van der Waals surface area contributed by atoms with Gasteiger partial charge in [0, 0.05) is 35.2 Å². The monoisotopic (exact) mass is 838 g/mol. The van der Waals surface area contributed by atoms with E-state index < -0.39 is 0 Å². The Morgan fingerprint density at radius 3 is 1.71 bits per heavy atom. The van der Waals surface area contributed by atoms with Crippen LogP contribution in [0.1, 0.15) is 53.5 Å². The van der Waals surface area contributed by atoms with Crippen molar-refractivity contribution in [3.8, 4) is 45.0 Å². The van der Waals surface area contributed by atoms with E-state index in [4.69, 9.17) is 24.9 Å². The quantitative estimate of drug-likeness (QED) is 0.143. The molecule has 0 spiro atoms. The number of nitrogens with zero attached hydrogens (tertiary/aromatic N) is 6. The van der Waals surface area contributed by atoms with Crippen LogP contribution < -0.4 is 0 Å². The number of aliphatic imine (C=N–C) groups is 2. The zero-order valence-electron chi connectivity index (χ0n) is 36.6. The van der Waals surface area contributed by atoms with Crippen LogP contribution in [0.25, 0.3) is 66.6 Å². The molecular formula is C59H46N6. The average Bonchev–Trinajstić information content (AvgIpc) is 3.37. The van der Waals surface area contributed by atoms with E-state index in [2.05, 4.69) is 202 Å². The number of aromatic nitrogens is 3. The molecule has 9 aromatic rings. The van der Waals surface area contributed by atoms with Crippen molar-refractivity contribution < 1.29 is 0 Å². The van der Waals surface area contributed by atoms with Crippen LogP contribution >= 0.6 is 0 Å². The van der Waals surface area contributed by atoms with Gasteiger partial charge in [-0.05, 0) is 87.3 Å². The van der Waals surface area contributed by atoms with Crippen molar-refractivity contribution in [1.82, 2.24) is 19.9 Å². The fourth-order valence-corrected chi connectivity index (χ4v) is 9.40. The molecule has 312 valence electrons. The van der Waals surface area contributed by atoms with E-state index in [0.717, 1.165) is 74.0 Å². The second-order valence-electron chi connectivity index (χ2n) is 17.0. The Bertz CT molecular complexity index is 3400. The van der Waals surface area contributed by atoms with Gasteiger partial charge >= 0.3 is 0 Å². The lowest BCUT2D eigenvalue weighted by atomic mass is 9.90. The molecule has 2 aliphatic rings. The lowest BCUT2D eigenvalue weighted by Gasteiger charge is -2.33. The predicted octanol–water partition coefficient (Wildman–Crippen LogP) is 14.0. The molecule has 1 aliphatic carbocycles. The fourth-order valence-electron chi connectivity index (χ4n) is 9.40. The van der Waals surface area contributed by atoms with Gasteiger partial charge in [0.05, 0.1) is 0 Å². The first kappa shape index (κ1) is 39.7. The summed E-state index contributed by atoms with van der Waals surface area (Å²) in [6.45, 7) is 4.31. The van der Waals surface area contributed by atoms with Gasteiger partial charge in [-0.3, -0.25) is 0 Å². The van der Waals surface area contributed by atoms with Crippen LogP contribution in [0, 0.1) is 6.92 Å². The largest absolute Gasteiger partial charge is 0.333 e. The SMILES string of the molecule is CC1=CC=CCC1c1nc(-c2ccccc2)nc(-c2cccc(-c3cccc4c3ccc3c(-c5cccc(C6=NC(c7ccccc7C)N(C)C(c7ccccc7)=N6)c5)cccc34)c2)n1. The van der Waals surface area contributed by atoms with E-state index in [9.17, 15) is 0 Å². The highest BCUT2D eigenvalue weighted by atomic mass is 15.3. The van der Waals surface area contributed by atoms with Crippen LogP contribution in [-0.2, 0) is 0 Å². The minimum absolute atomic E-state index is 0.103. The van der Waals surface area contributed by atoms with Gasteiger partial charge in [0.15, 0.2) is 23.7 Å². The number of hydrogen-bond acceptors (Lipinski definition) is 6. The van der Waals surface area contributed by atoms with Gasteiger partial charge in [0.1, 0.15) is 11.7 Å². The third-order valence-corrected chi connectivity index (χ3v) is 12.9. The third kappa shape index (κ3) is 7.53. The first-order valence-electron chi connectivity index (χ1n) is 22.3. The molecule has 0 saturated heterocycles. The number of amidine groups is 2. The predicted molar refractivity (Wildman–Crippen MR) is 268 cm³/mol. The summed E-state index contributed by atoms with van der Waals surface area (Å²) in [4.78, 5) is 28.0. The molecule has 1 aromatic heterocycles. The second kappa shape index (κ2) is 16.9. The van der Waals surface area contributed by atoms with Crippen molar-refractivity contribution >= 4 is 33.2 Å². The molecule has 1 aliphatic heterocycles. The van der Waals surface area contributed by atoms with Crippen LogP contribution in [-0.4, -0.2) is 38.6 Å². The topological polar surface area (TPSA) is 66.6 Å². The number of benzene rings is 8. The van der Waals surface area contributed by atoms with Crippen LogP contribution in [0.2, 0.25) is 0 Å². The van der Waals surface area contributed by atoms with E-state index in [1.807, 2.05) is 24.3 Å². The first-order chi connectivity index (χ1) is 32.0. The van der Waals surface area contributed by atoms with E-state index in [1.54, 1.807) is 0 Å². The Hall–Kier alpha value is -8.09. The molecule has 0 radical (unpaired) electrons. The number of fused-ring (bicyclic) bond motifs is 3. The number of aryl methyl sites for hydroxylation is 1. The molecule has 65 heavy (non-hydrogen) atoms. The molecule has 0 fully saturated rings. The van der Waals surface area contributed by atoms with E-state index in [-0.39, 0.29) is 12.1 Å². The van der Waals surface area contributed by atoms with Crippen LogP contribution in [0.5, 0.6) is 0 Å². The van der Waals surface area contributed by atoms with E-state index in [0.29, 0.717) is 11.6 Å². The Kier molecular flexibility index (Phi) is 10.3. The summed E-state index contributed by atoms with van der Waals surface area (Å²) in [6, 6.07) is 64.2. The minimum Gasteiger partial charge on any atom is -0.333 e. The van der Waals surface area contributed by atoms with Crippen LogP contribution in [0.15, 0.2) is 216 Å². The van der Waals surface area contributed by atoms with Crippen molar-refractivity contribution in [2.24, 2.45) is 9.98 Å². The molecular weight excluding hydrogens is 793 g/mol. The van der Waals surface area contributed by atoms with Crippen molar-refractivity contribution in [1.29, 1.82) is 0 Å². The third-order valence-electron chi connectivity index (χ3n) is 12.9. The molecule has 6 heteroatoms. The summed E-state index contributed by atoms with van der Waals surface area (Å²) < 4.78 is 0. The maximum absolute atomic E-state index is 5.33. The molecule has 0 saturated carbocycles. The highest BCUT2D eigenvalue weighted by Gasteiger charge is 2.28. The average molecular weight is 839 g/mol. The maximum Gasteiger partial charge on any atom is 0.163 e. The Labute approximate surface area is 379 Å². The first-order valence-corrected chi connectivity index (χ1v) is 22.3. The molecule has 2 heterocycles. The highest BCUT2D eigenvalue weighted by molar-refractivity contribution is 6.16.